The summed E-state index contributed by atoms with van der Waals surface area (Å²) in [6, 6.07) is 22.1. The standard InChI is InChI=1S/C48H65N5O8S/c1-2-3-10-30-41(45(56)52-42(34-35-21-11-8-12-22-35)43(54)46(57)49-31-32-50-62(60,61)37-25-13-9-14-26-37)51-44(55)38(36-23-16-17-24-36)27-15-6-4-5-7-20-33-53-47(58)39-28-18-19-29-40(39)48(53)59/h8-9,11-14,18-19,21-22,25-26,28-29,36,38,41-43,50,54H,2-7,10,15-17,20,23-24,27,30-34H2,1H3,(H,49,57)(H,51,55)(H,52,56). The van der Waals surface area contributed by atoms with Gasteiger partial charge in [-0.05, 0) is 74.3 Å². The van der Waals surface area contributed by atoms with Crippen molar-refractivity contribution >= 4 is 39.6 Å². The lowest BCUT2D eigenvalue weighted by molar-refractivity contribution is -0.135. The lowest BCUT2D eigenvalue weighted by Gasteiger charge is -2.29. The molecule has 1 saturated carbocycles. The first-order chi connectivity index (χ1) is 30.0. The second-order valence-corrected chi connectivity index (χ2v) is 18.4. The molecule has 1 aliphatic heterocycles. The van der Waals surface area contributed by atoms with Crippen LogP contribution in [0.25, 0.3) is 0 Å². The average molecular weight is 872 g/mol. The Bertz CT molecular complexity index is 1990. The zero-order valence-corrected chi connectivity index (χ0v) is 36.9. The van der Waals surface area contributed by atoms with Crippen LogP contribution in [-0.4, -0.2) is 85.8 Å². The molecule has 1 aliphatic carbocycles. The summed E-state index contributed by atoms with van der Waals surface area (Å²) < 4.78 is 27.7. The smallest absolute Gasteiger partial charge is 0.261 e. The van der Waals surface area contributed by atoms with Gasteiger partial charge in [0.15, 0.2) is 6.10 Å². The van der Waals surface area contributed by atoms with Crippen LogP contribution in [0.3, 0.4) is 0 Å². The van der Waals surface area contributed by atoms with Gasteiger partial charge in [-0.15, -0.1) is 0 Å². The first-order valence-electron chi connectivity index (χ1n) is 22.6. The van der Waals surface area contributed by atoms with Gasteiger partial charge in [-0.3, -0.25) is 28.9 Å². The van der Waals surface area contributed by atoms with Gasteiger partial charge < -0.3 is 21.1 Å². The Morgan fingerprint density at radius 2 is 1.27 bits per heavy atom. The van der Waals surface area contributed by atoms with Gasteiger partial charge in [0, 0.05) is 25.6 Å². The lowest BCUT2D eigenvalue weighted by Crippen LogP contribution is -2.57. The quantitative estimate of drug-likeness (QED) is 0.0451. The van der Waals surface area contributed by atoms with Crippen LogP contribution < -0.4 is 20.7 Å². The summed E-state index contributed by atoms with van der Waals surface area (Å²) in [5, 5.41) is 20.0. The monoisotopic (exact) mass is 871 g/mol. The second-order valence-electron chi connectivity index (χ2n) is 16.7. The van der Waals surface area contributed by atoms with E-state index in [9.17, 15) is 37.5 Å². The number of nitrogens with zero attached hydrogens (tertiary/aromatic N) is 1. The van der Waals surface area contributed by atoms with E-state index in [1.54, 1.807) is 42.5 Å². The molecule has 3 aromatic rings. The number of carbonyl (C=O) groups excluding carboxylic acids is 5. The molecule has 5 N–H and O–H groups in total. The third-order valence-electron chi connectivity index (χ3n) is 12.1. The molecule has 62 heavy (non-hydrogen) atoms. The number of unbranched alkanes of at least 4 members (excludes halogenated alkanes) is 7. The molecule has 1 fully saturated rings. The van der Waals surface area contributed by atoms with Crippen molar-refractivity contribution in [2.75, 3.05) is 19.6 Å². The normalized spacial score (nSPS) is 16.1. The average Bonchev–Trinajstić information content (AvgIpc) is 3.90. The van der Waals surface area contributed by atoms with E-state index in [4.69, 9.17) is 0 Å². The third kappa shape index (κ3) is 14.0. The predicted molar refractivity (Wildman–Crippen MR) is 238 cm³/mol. The molecule has 4 unspecified atom stereocenters. The molecule has 14 heteroatoms. The molecule has 0 spiro atoms. The van der Waals surface area contributed by atoms with Gasteiger partial charge >= 0.3 is 0 Å². The number of hydrogen-bond acceptors (Lipinski definition) is 8. The summed E-state index contributed by atoms with van der Waals surface area (Å²) in [5.74, 6) is -1.80. The van der Waals surface area contributed by atoms with E-state index in [1.807, 2.05) is 30.3 Å². The molecular weight excluding hydrogens is 807 g/mol. The lowest BCUT2D eigenvalue weighted by atomic mass is 9.85. The number of hydrogen-bond donors (Lipinski definition) is 5. The van der Waals surface area contributed by atoms with Crippen LogP contribution in [0.15, 0.2) is 89.8 Å². The largest absolute Gasteiger partial charge is 0.381 e. The minimum Gasteiger partial charge on any atom is -0.381 e. The van der Waals surface area contributed by atoms with Crippen molar-refractivity contribution in [3.05, 3.63) is 102 Å². The van der Waals surface area contributed by atoms with Gasteiger partial charge in [-0.25, -0.2) is 13.1 Å². The fourth-order valence-electron chi connectivity index (χ4n) is 8.60. The predicted octanol–water partition coefficient (Wildman–Crippen LogP) is 6.07. The van der Waals surface area contributed by atoms with E-state index < -0.39 is 40.0 Å². The number of benzene rings is 3. The van der Waals surface area contributed by atoms with Crippen LogP contribution >= 0.6 is 0 Å². The van der Waals surface area contributed by atoms with Crippen molar-refractivity contribution in [3.8, 4) is 0 Å². The maximum Gasteiger partial charge on any atom is 0.261 e. The van der Waals surface area contributed by atoms with Crippen molar-refractivity contribution in [2.24, 2.45) is 11.8 Å². The van der Waals surface area contributed by atoms with Crippen molar-refractivity contribution in [3.63, 3.8) is 0 Å². The molecule has 2 aliphatic rings. The minimum atomic E-state index is -3.79. The van der Waals surface area contributed by atoms with Crippen molar-refractivity contribution in [1.82, 2.24) is 25.6 Å². The molecule has 336 valence electrons. The molecule has 13 nitrogen and oxygen atoms in total. The fraction of sp³-hybridized carbons (Fsp3) is 0.521. The van der Waals surface area contributed by atoms with Gasteiger partial charge in [0.05, 0.1) is 22.1 Å². The number of amides is 5. The molecule has 5 rings (SSSR count). The number of imide groups is 1. The van der Waals surface area contributed by atoms with E-state index in [0.29, 0.717) is 36.9 Å². The first-order valence-corrected chi connectivity index (χ1v) is 24.1. The van der Waals surface area contributed by atoms with E-state index in [0.717, 1.165) is 82.6 Å². The summed E-state index contributed by atoms with van der Waals surface area (Å²) in [4.78, 5) is 68.4. The van der Waals surface area contributed by atoms with E-state index >= 15 is 0 Å². The van der Waals surface area contributed by atoms with Crippen LogP contribution in [0.2, 0.25) is 0 Å². The number of nitrogens with one attached hydrogen (secondary N) is 4. The minimum absolute atomic E-state index is 0.0923. The fourth-order valence-corrected chi connectivity index (χ4v) is 9.66. The Hall–Kier alpha value is -4.92. The summed E-state index contributed by atoms with van der Waals surface area (Å²) in [5.41, 5.74) is 1.73. The molecule has 0 aromatic heterocycles. The molecule has 5 amide bonds. The Morgan fingerprint density at radius 1 is 0.694 bits per heavy atom. The topological polar surface area (TPSA) is 191 Å². The highest BCUT2D eigenvalue weighted by Gasteiger charge is 2.36. The van der Waals surface area contributed by atoms with Crippen molar-refractivity contribution in [1.29, 1.82) is 0 Å². The van der Waals surface area contributed by atoms with E-state index in [1.165, 1.54) is 17.0 Å². The Kier molecular flexibility index (Phi) is 19.1. The van der Waals surface area contributed by atoms with Crippen LogP contribution in [0.1, 0.15) is 130 Å². The van der Waals surface area contributed by atoms with E-state index in [2.05, 4.69) is 27.6 Å². The molecule has 0 bridgehead atoms. The Balaban J connectivity index is 1.14. The number of aliphatic hydroxyl groups excluding tert-OH is 1. The van der Waals surface area contributed by atoms with Crippen LogP contribution in [0.5, 0.6) is 0 Å². The highest BCUT2D eigenvalue weighted by molar-refractivity contribution is 7.89. The van der Waals surface area contributed by atoms with Crippen LogP contribution in [-0.2, 0) is 30.8 Å². The second kappa shape index (κ2) is 24.6. The zero-order chi connectivity index (χ0) is 44.3. The Labute approximate surface area is 367 Å². The number of aliphatic hydroxyl groups is 1. The summed E-state index contributed by atoms with van der Waals surface area (Å²) in [6.07, 6.45) is 11.6. The molecule has 4 atom stereocenters. The number of carbonyl (C=O) groups is 5. The summed E-state index contributed by atoms with van der Waals surface area (Å²) in [7, 11) is -3.79. The number of fused-ring (bicyclic) bond motifs is 1. The van der Waals surface area contributed by atoms with Gasteiger partial charge in [0.25, 0.3) is 17.7 Å². The molecule has 3 aromatic carbocycles. The van der Waals surface area contributed by atoms with Gasteiger partial charge in [0.1, 0.15) is 6.04 Å². The molecule has 0 radical (unpaired) electrons. The van der Waals surface area contributed by atoms with Crippen molar-refractivity contribution in [2.45, 2.75) is 133 Å². The summed E-state index contributed by atoms with van der Waals surface area (Å²) in [6.45, 7) is 2.27. The van der Waals surface area contributed by atoms with E-state index in [-0.39, 0.29) is 54.0 Å². The Morgan fingerprint density at radius 3 is 1.92 bits per heavy atom. The molecular formula is C48H65N5O8S. The first kappa shape index (κ1) is 48.1. The highest BCUT2D eigenvalue weighted by atomic mass is 32.2. The van der Waals surface area contributed by atoms with Crippen molar-refractivity contribution < 1.29 is 37.5 Å². The SMILES string of the molecule is CCCCCC(NC(=O)C(CCCCCCCCN1C(=O)c2ccccc2C1=O)C1CCCC1)C(=O)NC(Cc1ccccc1)C(O)C(=O)NCCNS(=O)(=O)c1ccccc1. The van der Waals surface area contributed by atoms with Gasteiger partial charge in [0.2, 0.25) is 21.8 Å². The number of sulfonamides is 1. The highest BCUT2D eigenvalue weighted by Crippen LogP contribution is 2.35. The van der Waals surface area contributed by atoms with Crippen LogP contribution in [0, 0.1) is 11.8 Å². The summed E-state index contributed by atoms with van der Waals surface area (Å²) >= 11 is 0. The maximum atomic E-state index is 14.2. The van der Waals surface area contributed by atoms with Gasteiger partial charge in [-0.2, -0.15) is 0 Å². The van der Waals surface area contributed by atoms with Crippen LogP contribution in [0.4, 0.5) is 0 Å². The third-order valence-corrected chi connectivity index (χ3v) is 13.6. The molecule has 0 saturated heterocycles. The number of rotatable bonds is 27. The van der Waals surface area contributed by atoms with Gasteiger partial charge in [-0.1, -0.05) is 132 Å². The zero-order valence-electron chi connectivity index (χ0n) is 36.1. The molecule has 1 heterocycles. The maximum absolute atomic E-state index is 14.2.